The molecule has 0 aliphatic carbocycles. The van der Waals surface area contributed by atoms with Crippen molar-refractivity contribution in [3.05, 3.63) is 41.3 Å². The van der Waals surface area contributed by atoms with Gasteiger partial charge in [0.05, 0.1) is 6.20 Å². The zero-order valence-corrected chi connectivity index (χ0v) is 12.1. The van der Waals surface area contributed by atoms with Crippen LogP contribution in [0.2, 0.25) is 0 Å². The molecule has 0 aliphatic rings. The van der Waals surface area contributed by atoms with Crippen LogP contribution in [0.1, 0.15) is 43.1 Å². The molecule has 2 aromatic rings. The molecule has 0 saturated heterocycles. The molecule has 1 unspecified atom stereocenters. The molecule has 4 heteroatoms. The lowest BCUT2D eigenvalue weighted by atomic mass is 10.1. The Morgan fingerprint density at radius 3 is 2.84 bits per heavy atom. The number of nitrogens with zero attached hydrogens (tertiary/aromatic N) is 3. The second-order valence-electron chi connectivity index (χ2n) is 4.96. The highest BCUT2D eigenvalue weighted by molar-refractivity contribution is 5.32. The van der Waals surface area contributed by atoms with E-state index in [9.17, 15) is 0 Å². The molecule has 19 heavy (non-hydrogen) atoms. The maximum Gasteiger partial charge on any atom is 0.153 e. The summed E-state index contributed by atoms with van der Waals surface area (Å²) in [5, 5.41) is 7.96. The Bertz CT molecular complexity index is 545. The van der Waals surface area contributed by atoms with E-state index >= 15 is 0 Å². The van der Waals surface area contributed by atoms with Gasteiger partial charge in [0.2, 0.25) is 0 Å². The molecule has 0 aliphatic heterocycles. The molecule has 1 atom stereocenters. The van der Waals surface area contributed by atoms with Crippen LogP contribution in [0, 0.1) is 13.8 Å². The van der Waals surface area contributed by atoms with Gasteiger partial charge in [0.1, 0.15) is 0 Å². The lowest BCUT2D eigenvalue weighted by molar-refractivity contribution is 0.568. The highest BCUT2D eigenvalue weighted by Gasteiger charge is 2.14. The summed E-state index contributed by atoms with van der Waals surface area (Å²) in [6.45, 7) is 9.53. The van der Waals surface area contributed by atoms with Gasteiger partial charge in [0, 0.05) is 23.5 Å². The van der Waals surface area contributed by atoms with Gasteiger partial charge in [-0.05, 0) is 51.4 Å². The molecule has 0 bridgehead atoms. The average Bonchev–Trinajstić information content (AvgIpc) is 2.78. The smallest absolute Gasteiger partial charge is 0.153 e. The predicted octanol–water partition coefficient (Wildman–Crippen LogP) is 2.94. The quantitative estimate of drug-likeness (QED) is 0.896. The van der Waals surface area contributed by atoms with Gasteiger partial charge in [0.25, 0.3) is 0 Å². The topological polar surface area (TPSA) is 42.7 Å². The zero-order valence-electron chi connectivity index (χ0n) is 12.1. The van der Waals surface area contributed by atoms with Crippen molar-refractivity contribution < 1.29 is 0 Å². The summed E-state index contributed by atoms with van der Waals surface area (Å²) >= 11 is 0. The molecule has 0 radical (unpaired) electrons. The summed E-state index contributed by atoms with van der Waals surface area (Å²) in [5.74, 6) is 0.881. The fourth-order valence-corrected chi connectivity index (χ4v) is 2.19. The van der Waals surface area contributed by atoms with Gasteiger partial charge in [-0.2, -0.15) is 5.10 Å². The maximum absolute atomic E-state index is 4.47. The van der Waals surface area contributed by atoms with Gasteiger partial charge in [-0.25, -0.2) is 9.67 Å². The Morgan fingerprint density at radius 1 is 1.37 bits per heavy atom. The lowest BCUT2D eigenvalue weighted by Crippen LogP contribution is -2.19. The number of pyridine rings is 1. The van der Waals surface area contributed by atoms with E-state index in [1.54, 1.807) is 0 Å². The van der Waals surface area contributed by atoms with Gasteiger partial charge < -0.3 is 5.32 Å². The van der Waals surface area contributed by atoms with E-state index in [0.29, 0.717) is 6.04 Å². The lowest BCUT2D eigenvalue weighted by Gasteiger charge is -2.13. The van der Waals surface area contributed by atoms with Gasteiger partial charge in [-0.15, -0.1) is 0 Å². The van der Waals surface area contributed by atoms with Crippen LogP contribution in [0.3, 0.4) is 0 Å². The first-order valence-corrected chi connectivity index (χ1v) is 6.84. The van der Waals surface area contributed by atoms with Gasteiger partial charge in [-0.3, -0.25) is 0 Å². The van der Waals surface area contributed by atoms with Crippen LogP contribution < -0.4 is 5.32 Å². The summed E-state index contributed by atoms with van der Waals surface area (Å²) in [4.78, 5) is 4.39. The Hall–Kier alpha value is -1.68. The minimum absolute atomic E-state index is 0.318. The molecule has 0 amide bonds. The number of hydrogen-bond acceptors (Lipinski definition) is 3. The van der Waals surface area contributed by atoms with Gasteiger partial charge >= 0.3 is 0 Å². The normalized spacial score (nSPS) is 12.6. The first kappa shape index (κ1) is 13.7. The van der Waals surface area contributed by atoms with Gasteiger partial charge in [-0.1, -0.05) is 6.92 Å². The van der Waals surface area contributed by atoms with Crippen molar-refractivity contribution in [1.29, 1.82) is 0 Å². The molecule has 2 aromatic heterocycles. The largest absolute Gasteiger partial charge is 0.310 e. The first-order chi connectivity index (χ1) is 9.13. The minimum Gasteiger partial charge on any atom is -0.310 e. The Morgan fingerprint density at radius 2 is 2.16 bits per heavy atom. The number of aryl methyl sites for hydroxylation is 1. The molecule has 0 aromatic carbocycles. The second-order valence-corrected chi connectivity index (χ2v) is 4.96. The van der Waals surface area contributed by atoms with Crippen LogP contribution in [0.15, 0.2) is 24.5 Å². The van der Waals surface area contributed by atoms with Crippen molar-refractivity contribution in [2.24, 2.45) is 0 Å². The third kappa shape index (κ3) is 3.01. The Kier molecular flexibility index (Phi) is 4.32. The zero-order chi connectivity index (χ0) is 13.8. The van der Waals surface area contributed by atoms with E-state index in [1.165, 1.54) is 11.1 Å². The standard InChI is InChI=1S/C15H22N4/c1-5-7-16-12(3)14-10-18-19(13(14)4)15-9-11(2)6-8-17-15/h6,8-10,12,16H,5,7H2,1-4H3. The summed E-state index contributed by atoms with van der Waals surface area (Å²) in [5.41, 5.74) is 3.57. The third-order valence-electron chi connectivity index (χ3n) is 3.33. The van der Waals surface area contributed by atoms with Crippen molar-refractivity contribution in [3.63, 3.8) is 0 Å². The van der Waals surface area contributed by atoms with E-state index in [0.717, 1.165) is 24.5 Å². The van der Waals surface area contributed by atoms with E-state index in [-0.39, 0.29) is 0 Å². The molecule has 0 saturated carbocycles. The van der Waals surface area contributed by atoms with Crippen LogP contribution >= 0.6 is 0 Å². The van der Waals surface area contributed by atoms with E-state index in [4.69, 9.17) is 0 Å². The molecule has 0 spiro atoms. The van der Waals surface area contributed by atoms with Crippen molar-refractivity contribution in [1.82, 2.24) is 20.1 Å². The molecule has 0 fully saturated rings. The fraction of sp³-hybridized carbons (Fsp3) is 0.467. The molecule has 1 N–H and O–H groups in total. The molecule has 2 rings (SSSR count). The van der Waals surface area contributed by atoms with E-state index < -0.39 is 0 Å². The number of rotatable bonds is 5. The predicted molar refractivity (Wildman–Crippen MR) is 77.5 cm³/mol. The van der Waals surface area contributed by atoms with Crippen LogP contribution in [-0.4, -0.2) is 21.3 Å². The maximum atomic E-state index is 4.47. The molecular weight excluding hydrogens is 236 g/mol. The van der Waals surface area contributed by atoms with Crippen molar-refractivity contribution >= 4 is 0 Å². The minimum atomic E-state index is 0.318. The summed E-state index contributed by atoms with van der Waals surface area (Å²) in [6, 6.07) is 4.36. The van der Waals surface area contributed by atoms with Crippen LogP contribution in [-0.2, 0) is 0 Å². The second kappa shape index (κ2) is 5.97. The number of hydrogen-bond donors (Lipinski definition) is 1. The Balaban J connectivity index is 2.27. The Labute approximate surface area is 114 Å². The molecule has 4 nitrogen and oxygen atoms in total. The van der Waals surface area contributed by atoms with E-state index in [1.807, 2.05) is 29.2 Å². The number of aromatic nitrogens is 3. The van der Waals surface area contributed by atoms with E-state index in [2.05, 4.69) is 43.1 Å². The van der Waals surface area contributed by atoms with Crippen molar-refractivity contribution in [3.8, 4) is 5.82 Å². The monoisotopic (exact) mass is 258 g/mol. The van der Waals surface area contributed by atoms with Crippen LogP contribution in [0.4, 0.5) is 0 Å². The fourth-order valence-electron chi connectivity index (χ4n) is 2.19. The SMILES string of the molecule is CCCNC(C)c1cnn(-c2cc(C)ccn2)c1C. The van der Waals surface area contributed by atoms with Crippen LogP contribution in [0.5, 0.6) is 0 Å². The van der Waals surface area contributed by atoms with Gasteiger partial charge in [0.15, 0.2) is 5.82 Å². The molecule has 2 heterocycles. The van der Waals surface area contributed by atoms with Crippen LogP contribution in [0.25, 0.3) is 5.82 Å². The third-order valence-corrected chi connectivity index (χ3v) is 3.33. The highest BCUT2D eigenvalue weighted by atomic mass is 15.3. The average molecular weight is 258 g/mol. The summed E-state index contributed by atoms with van der Waals surface area (Å²) in [7, 11) is 0. The van der Waals surface area contributed by atoms with Crippen molar-refractivity contribution in [2.45, 2.75) is 40.2 Å². The molecular formula is C15H22N4. The van der Waals surface area contributed by atoms with Crippen molar-refractivity contribution in [2.75, 3.05) is 6.54 Å². The summed E-state index contributed by atoms with van der Waals surface area (Å²) in [6.07, 6.45) is 4.90. The number of nitrogens with one attached hydrogen (secondary N) is 1. The first-order valence-electron chi connectivity index (χ1n) is 6.84. The molecule has 102 valence electrons. The highest BCUT2D eigenvalue weighted by Crippen LogP contribution is 2.19. The summed E-state index contributed by atoms with van der Waals surface area (Å²) < 4.78 is 1.91.